The number of sulfonamides is 1. The molecule has 1 aromatic carbocycles. The fourth-order valence-corrected chi connectivity index (χ4v) is 4.17. The van der Waals surface area contributed by atoms with E-state index in [2.05, 4.69) is 15.2 Å². The maximum absolute atomic E-state index is 12.5. The molecule has 166 valence electrons. The van der Waals surface area contributed by atoms with Crippen molar-refractivity contribution in [3.05, 3.63) is 29.8 Å². The molecule has 0 aliphatic carbocycles. The standard InChI is InChI=1S/C19H32N4O4S.HI/c1-4-20-19(21-15-17-5-7-18(24)8-6-17)22-9-11-23(12-10-22)28(25,26)14-13-27-16(2)3;/h5-8,16,24H,4,9-15H2,1-3H3,(H,20,21);1H. The Hall–Kier alpha value is -1.11. The van der Waals surface area contributed by atoms with Gasteiger partial charge < -0.3 is 20.1 Å². The molecule has 1 heterocycles. The SMILES string of the molecule is CCNC(=NCc1ccc(O)cc1)N1CCN(S(=O)(=O)CCOC(C)C)CC1.I. The van der Waals surface area contributed by atoms with Gasteiger partial charge in [-0.1, -0.05) is 12.1 Å². The minimum Gasteiger partial charge on any atom is -0.508 e. The summed E-state index contributed by atoms with van der Waals surface area (Å²) in [5, 5.41) is 12.6. The van der Waals surface area contributed by atoms with Gasteiger partial charge in [0.2, 0.25) is 10.0 Å². The van der Waals surface area contributed by atoms with Crippen LogP contribution in [-0.4, -0.2) is 79.9 Å². The van der Waals surface area contributed by atoms with E-state index in [9.17, 15) is 13.5 Å². The molecule has 0 atom stereocenters. The number of ether oxygens (including phenoxy) is 1. The minimum absolute atomic E-state index is 0. The lowest BCUT2D eigenvalue weighted by Crippen LogP contribution is -2.54. The quantitative estimate of drug-likeness (QED) is 0.297. The van der Waals surface area contributed by atoms with Gasteiger partial charge in [0.25, 0.3) is 0 Å². The van der Waals surface area contributed by atoms with Crippen LogP contribution in [0.5, 0.6) is 5.75 Å². The van der Waals surface area contributed by atoms with Crippen molar-refractivity contribution in [1.82, 2.24) is 14.5 Å². The normalized spacial score (nSPS) is 16.0. The molecule has 2 rings (SSSR count). The zero-order valence-corrected chi connectivity index (χ0v) is 20.5. The van der Waals surface area contributed by atoms with E-state index in [0.29, 0.717) is 32.7 Å². The number of hydrogen-bond donors (Lipinski definition) is 2. The molecule has 1 fully saturated rings. The third-order valence-corrected chi connectivity index (χ3v) is 6.24. The summed E-state index contributed by atoms with van der Waals surface area (Å²) in [6.45, 7) is 9.30. The molecule has 10 heteroatoms. The molecule has 0 aromatic heterocycles. The highest BCUT2D eigenvalue weighted by atomic mass is 127. The second-order valence-corrected chi connectivity index (χ2v) is 9.05. The van der Waals surface area contributed by atoms with Gasteiger partial charge in [0.05, 0.1) is 25.0 Å². The van der Waals surface area contributed by atoms with Crippen LogP contribution < -0.4 is 5.32 Å². The van der Waals surface area contributed by atoms with Crippen molar-refractivity contribution in [2.24, 2.45) is 4.99 Å². The molecule has 1 aliphatic rings. The molecule has 1 saturated heterocycles. The summed E-state index contributed by atoms with van der Waals surface area (Å²) >= 11 is 0. The molecule has 0 saturated carbocycles. The highest BCUT2D eigenvalue weighted by Gasteiger charge is 2.28. The first-order valence-electron chi connectivity index (χ1n) is 9.72. The zero-order chi connectivity index (χ0) is 20.6. The topological polar surface area (TPSA) is 94.5 Å². The number of rotatable bonds is 8. The Morgan fingerprint density at radius 1 is 1.21 bits per heavy atom. The number of aliphatic imine (C=N–C) groups is 1. The van der Waals surface area contributed by atoms with Crippen LogP contribution in [0, 0.1) is 0 Å². The zero-order valence-electron chi connectivity index (χ0n) is 17.4. The number of phenols is 1. The summed E-state index contributed by atoms with van der Waals surface area (Å²) in [5.41, 5.74) is 1.000. The van der Waals surface area contributed by atoms with Crippen LogP contribution in [0.15, 0.2) is 29.3 Å². The molecular weight excluding hydrogens is 507 g/mol. The van der Waals surface area contributed by atoms with Gasteiger partial charge in [-0.3, -0.25) is 0 Å². The van der Waals surface area contributed by atoms with Crippen LogP contribution in [0.25, 0.3) is 0 Å². The number of aromatic hydroxyl groups is 1. The summed E-state index contributed by atoms with van der Waals surface area (Å²) in [5.74, 6) is 1.02. The van der Waals surface area contributed by atoms with Crippen LogP contribution in [0.2, 0.25) is 0 Å². The first-order valence-corrected chi connectivity index (χ1v) is 11.3. The van der Waals surface area contributed by atoms with Crippen molar-refractivity contribution in [3.63, 3.8) is 0 Å². The minimum atomic E-state index is -3.30. The van der Waals surface area contributed by atoms with E-state index in [0.717, 1.165) is 18.1 Å². The Labute approximate surface area is 191 Å². The molecule has 2 N–H and O–H groups in total. The number of benzene rings is 1. The molecule has 0 spiro atoms. The van der Waals surface area contributed by atoms with Crippen molar-refractivity contribution in [3.8, 4) is 5.75 Å². The van der Waals surface area contributed by atoms with Crippen LogP contribution in [0.4, 0.5) is 0 Å². The van der Waals surface area contributed by atoms with Crippen molar-refractivity contribution in [2.45, 2.75) is 33.4 Å². The fraction of sp³-hybridized carbons (Fsp3) is 0.632. The monoisotopic (exact) mass is 540 g/mol. The molecule has 1 aliphatic heterocycles. The van der Waals surface area contributed by atoms with Crippen LogP contribution in [-0.2, 0) is 21.3 Å². The number of nitrogens with one attached hydrogen (secondary N) is 1. The number of hydrogen-bond acceptors (Lipinski definition) is 5. The highest BCUT2D eigenvalue weighted by Crippen LogP contribution is 2.12. The van der Waals surface area contributed by atoms with E-state index in [-0.39, 0.29) is 48.2 Å². The molecular formula is C19H33IN4O4S. The van der Waals surface area contributed by atoms with E-state index in [1.165, 1.54) is 4.31 Å². The van der Waals surface area contributed by atoms with Crippen LogP contribution >= 0.6 is 24.0 Å². The number of guanidine groups is 1. The van der Waals surface area contributed by atoms with Gasteiger partial charge >= 0.3 is 0 Å². The lowest BCUT2D eigenvalue weighted by molar-refractivity contribution is 0.0904. The van der Waals surface area contributed by atoms with Gasteiger partial charge in [0.15, 0.2) is 5.96 Å². The molecule has 1 aromatic rings. The lowest BCUT2D eigenvalue weighted by atomic mass is 10.2. The van der Waals surface area contributed by atoms with Gasteiger partial charge in [-0.05, 0) is 38.5 Å². The number of piperazine rings is 1. The predicted octanol–water partition coefficient (Wildman–Crippen LogP) is 1.85. The van der Waals surface area contributed by atoms with E-state index in [4.69, 9.17) is 4.74 Å². The Kier molecular flexibility index (Phi) is 11.2. The number of phenolic OH excluding ortho intramolecular Hbond substituents is 1. The molecule has 0 amide bonds. The van der Waals surface area contributed by atoms with Gasteiger partial charge in [0.1, 0.15) is 5.75 Å². The Bertz CT molecular complexity index is 733. The predicted molar refractivity (Wildman–Crippen MR) is 126 cm³/mol. The first-order chi connectivity index (χ1) is 13.3. The third-order valence-electron chi connectivity index (χ3n) is 4.41. The van der Waals surface area contributed by atoms with Crippen LogP contribution in [0.1, 0.15) is 26.3 Å². The smallest absolute Gasteiger partial charge is 0.216 e. The van der Waals surface area contributed by atoms with E-state index >= 15 is 0 Å². The van der Waals surface area contributed by atoms with Crippen molar-refractivity contribution in [2.75, 3.05) is 45.1 Å². The average molecular weight is 540 g/mol. The summed E-state index contributed by atoms with van der Waals surface area (Å²) in [4.78, 5) is 6.74. The van der Waals surface area contributed by atoms with Crippen molar-refractivity contribution in [1.29, 1.82) is 0 Å². The van der Waals surface area contributed by atoms with Gasteiger partial charge in [-0.25, -0.2) is 13.4 Å². The maximum Gasteiger partial charge on any atom is 0.216 e. The van der Waals surface area contributed by atoms with Gasteiger partial charge in [-0.2, -0.15) is 4.31 Å². The Morgan fingerprint density at radius 2 is 1.83 bits per heavy atom. The Balaban J connectivity index is 0.00000420. The molecule has 0 bridgehead atoms. The van der Waals surface area contributed by atoms with E-state index in [1.807, 2.05) is 32.9 Å². The molecule has 8 nitrogen and oxygen atoms in total. The summed E-state index contributed by atoms with van der Waals surface area (Å²) in [6.07, 6.45) is 0.0273. The van der Waals surface area contributed by atoms with Crippen LogP contribution in [0.3, 0.4) is 0 Å². The summed E-state index contributed by atoms with van der Waals surface area (Å²) in [7, 11) is -3.30. The number of halogens is 1. The lowest BCUT2D eigenvalue weighted by Gasteiger charge is -2.36. The second-order valence-electron chi connectivity index (χ2n) is 6.96. The van der Waals surface area contributed by atoms with E-state index in [1.54, 1.807) is 12.1 Å². The molecule has 0 radical (unpaired) electrons. The summed E-state index contributed by atoms with van der Waals surface area (Å²) in [6, 6.07) is 6.97. The second kappa shape index (κ2) is 12.6. The molecule has 29 heavy (non-hydrogen) atoms. The van der Waals surface area contributed by atoms with Crippen molar-refractivity contribution >= 4 is 40.0 Å². The fourth-order valence-electron chi connectivity index (χ4n) is 2.89. The molecule has 0 unspecified atom stereocenters. The van der Waals surface area contributed by atoms with Crippen molar-refractivity contribution < 1.29 is 18.3 Å². The number of nitrogens with zero attached hydrogens (tertiary/aromatic N) is 3. The van der Waals surface area contributed by atoms with Gasteiger partial charge in [0, 0.05) is 32.7 Å². The average Bonchev–Trinajstić information content (AvgIpc) is 2.66. The largest absolute Gasteiger partial charge is 0.508 e. The summed E-state index contributed by atoms with van der Waals surface area (Å²) < 4.78 is 31.9. The maximum atomic E-state index is 12.5. The van der Waals surface area contributed by atoms with E-state index < -0.39 is 10.0 Å². The highest BCUT2D eigenvalue weighted by molar-refractivity contribution is 14.0. The van der Waals surface area contributed by atoms with Gasteiger partial charge in [-0.15, -0.1) is 24.0 Å². The Morgan fingerprint density at radius 3 is 2.38 bits per heavy atom. The first kappa shape index (κ1) is 25.9. The third kappa shape index (κ3) is 8.65.